The Balaban J connectivity index is 2.04. The summed E-state index contributed by atoms with van der Waals surface area (Å²) in [4.78, 5) is 14.7. The summed E-state index contributed by atoms with van der Waals surface area (Å²) in [6, 6.07) is 7.93. The van der Waals surface area contributed by atoms with E-state index in [1.165, 1.54) is 5.56 Å². The lowest BCUT2D eigenvalue weighted by Crippen LogP contribution is -2.40. The number of Topliss-reactive ketones (excluding diaryl/α,β-unsaturated/α-hetero) is 1. The molecule has 1 saturated heterocycles. The van der Waals surface area contributed by atoms with E-state index < -0.39 is 0 Å². The zero-order valence-electron chi connectivity index (χ0n) is 11.9. The fourth-order valence-corrected chi connectivity index (χ4v) is 2.46. The van der Waals surface area contributed by atoms with E-state index in [9.17, 15) is 4.79 Å². The van der Waals surface area contributed by atoms with Crippen LogP contribution >= 0.6 is 0 Å². The van der Waals surface area contributed by atoms with Crippen molar-refractivity contribution in [1.82, 2.24) is 4.90 Å². The maximum absolute atomic E-state index is 12.5. The number of hydrogen-bond acceptors (Lipinski definition) is 3. The van der Waals surface area contributed by atoms with Crippen molar-refractivity contribution >= 4 is 5.78 Å². The minimum Gasteiger partial charge on any atom is -0.380 e. The molecule has 0 saturated carbocycles. The fourth-order valence-electron chi connectivity index (χ4n) is 2.46. The molecule has 3 nitrogen and oxygen atoms in total. The monoisotopic (exact) mass is 261 g/mol. The van der Waals surface area contributed by atoms with E-state index in [2.05, 4.69) is 11.8 Å². The Hall–Kier alpha value is -1.19. The van der Waals surface area contributed by atoms with Crippen molar-refractivity contribution < 1.29 is 9.53 Å². The van der Waals surface area contributed by atoms with Crippen LogP contribution in [-0.2, 0) is 11.2 Å². The number of ether oxygens (including phenoxy) is 1. The van der Waals surface area contributed by atoms with Crippen LogP contribution in [0.3, 0.4) is 0 Å². The van der Waals surface area contributed by atoms with Crippen molar-refractivity contribution in [2.75, 3.05) is 26.3 Å². The lowest BCUT2D eigenvalue weighted by Gasteiger charge is -2.25. The van der Waals surface area contributed by atoms with Gasteiger partial charge in [-0.25, -0.2) is 0 Å². The van der Waals surface area contributed by atoms with Gasteiger partial charge in [0.25, 0.3) is 0 Å². The van der Waals surface area contributed by atoms with Gasteiger partial charge in [0.2, 0.25) is 0 Å². The summed E-state index contributed by atoms with van der Waals surface area (Å²) in [6.45, 7) is 7.45. The Labute approximate surface area is 115 Å². The molecule has 19 heavy (non-hydrogen) atoms. The molecule has 1 aromatic rings. The van der Waals surface area contributed by atoms with Gasteiger partial charge in [-0.15, -0.1) is 0 Å². The molecule has 104 valence electrons. The molecule has 1 unspecified atom stereocenters. The highest BCUT2D eigenvalue weighted by molar-refractivity contribution is 5.99. The molecule has 0 radical (unpaired) electrons. The van der Waals surface area contributed by atoms with Crippen LogP contribution < -0.4 is 0 Å². The lowest BCUT2D eigenvalue weighted by atomic mass is 10.0. The lowest BCUT2D eigenvalue weighted by molar-refractivity contribution is 0.0824. The number of aryl methyl sites for hydroxylation is 1. The molecule has 1 heterocycles. The molecule has 2 rings (SSSR count). The number of ketones is 1. The molecule has 1 atom stereocenters. The topological polar surface area (TPSA) is 29.5 Å². The number of rotatable bonds is 4. The Bertz CT molecular complexity index is 405. The van der Waals surface area contributed by atoms with Gasteiger partial charge in [0, 0.05) is 25.3 Å². The van der Waals surface area contributed by atoms with Crippen LogP contribution in [-0.4, -0.2) is 43.0 Å². The van der Waals surface area contributed by atoms with E-state index in [0.29, 0.717) is 0 Å². The highest BCUT2D eigenvalue weighted by Crippen LogP contribution is 2.13. The Kier molecular flexibility index (Phi) is 5.11. The summed E-state index contributed by atoms with van der Waals surface area (Å²) in [7, 11) is 0. The Morgan fingerprint density at radius 3 is 2.68 bits per heavy atom. The van der Waals surface area contributed by atoms with Crippen LogP contribution in [0.2, 0.25) is 0 Å². The third-order valence-corrected chi connectivity index (χ3v) is 3.83. The molecular weight excluding hydrogens is 238 g/mol. The molecule has 0 bridgehead atoms. The Morgan fingerprint density at radius 1 is 1.26 bits per heavy atom. The average Bonchev–Trinajstić information content (AvgIpc) is 2.75. The van der Waals surface area contributed by atoms with Gasteiger partial charge < -0.3 is 4.74 Å². The standard InChI is InChI=1S/C16H23NO2/c1-3-14-5-7-15(8-6-14)16(18)13(2)17-9-4-11-19-12-10-17/h5-8,13H,3-4,9-12H2,1-2H3. The fraction of sp³-hybridized carbons (Fsp3) is 0.562. The number of benzene rings is 1. The predicted octanol–water partition coefficient (Wildman–Crippen LogP) is 2.54. The summed E-state index contributed by atoms with van der Waals surface area (Å²) in [6.07, 6.45) is 2.01. The quantitative estimate of drug-likeness (QED) is 0.780. The van der Waals surface area contributed by atoms with Gasteiger partial charge in [0.05, 0.1) is 12.6 Å². The molecular formula is C16H23NO2. The van der Waals surface area contributed by atoms with Crippen LogP contribution in [0, 0.1) is 0 Å². The summed E-state index contributed by atoms with van der Waals surface area (Å²) >= 11 is 0. The molecule has 0 aromatic heterocycles. The predicted molar refractivity (Wildman–Crippen MR) is 76.6 cm³/mol. The average molecular weight is 261 g/mol. The van der Waals surface area contributed by atoms with Crippen molar-refractivity contribution in [2.24, 2.45) is 0 Å². The molecule has 1 aliphatic rings. The van der Waals surface area contributed by atoms with Gasteiger partial charge in [-0.3, -0.25) is 9.69 Å². The minimum absolute atomic E-state index is 0.0609. The van der Waals surface area contributed by atoms with Gasteiger partial charge in [-0.2, -0.15) is 0 Å². The van der Waals surface area contributed by atoms with Crippen molar-refractivity contribution in [3.63, 3.8) is 0 Å². The zero-order chi connectivity index (χ0) is 13.7. The summed E-state index contributed by atoms with van der Waals surface area (Å²) < 4.78 is 5.44. The van der Waals surface area contributed by atoms with E-state index in [1.54, 1.807) is 0 Å². The van der Waals surface area contributed by atoms with Gasteiger partial charge in [0.1, 0.15) is 0 Å². The minimum atomic E-state index is -0.0609. The van der Waals surface area contributed by atoms with Gasteiger partial charge >= 0.3 is 0 Å². The molecule has 1 aromatic carbocycles. The first kappa shape index (κ1) is 14.2. The van der Waals surface area contributed by atoms with Crippen LogP contribution in [0.1, 0.15) is 36.2 Å². The third kappa shape index (κ3) is 3.64. The molecule has 0 amide bonds. The van der Waals surface area contributed by atoms with Crippen LogP contribution in [0.25, 0.3) is 0 Å². The van der Waals surface area contributed by atoms with Crippen LogP contribution in [0.5, 0.6) is 0 Å². The van der Waals surface area contributed by atoms with Crippen LogP contribution in [0.4, 0.5) is 0 Å². The first-order valence-corrected chi connectivity index (χ1v) is 7.17. The van der Waals surface area contributed by atoms with Crippen molar-refractivity contribution in [2.45, 2.75) is 32.7 Å². The second kappa shape index (κ2) is 6.83. The summed E-state index contributed by atoms with van der Waals surface area (Å²) in [5.41, 5.74) is 2.09. The SMILES string of the molecule is CCc1ccc(C(=O)C(C)N2CCCOCC2)cc1. The van der Waals surface area contributed by atoms with Gasteiger partial charge in [-0.1, -0.05) is 31.2 Å². The second-order valence-electron chi connectivity index (χ2n) is 5.09. The number of nitrogens with zero attached hydrogens (tertiary/aromatic N) is 1. The molecule has 0 N–H and O–H groups in total. The van der Waals surface area contributed by atoms with E-state index in [1.807, 2.05) is 31.2 Å². The first-order chi connectivity index (χ1) is 9.22. The summed E-state index contributed by atoms with van der Waals surface area (Å²) in [5.74, 6) is 0.213. The van der Waals surface area contributed by atoms with Crippen molar-refractivity contribution in [3.05, 3.63) is 35.4 Å². The molecule has 0 aliphatic carbocycles. The number of hydrogen-bond donors (Lipinski definition) is 0. The first-order valence-electron chi connectivity index (χ1n) is 7.17. The van der Waals surface area contributed by atoms with Gasteiger partial charge in [-0.05, 0) is 25.3 Å². The molecule has 1 fully saturated rings. The van der Waals surface area contributed by atoms with E-state index in [4.69, 9.17) is 4.74 Å². The third-order valence-electron chi connectivity index (χ3n) is 3.83. The highest BCUT2D eigenvalue weighted by atomic mass is 16.5. The normalized spacial score (nSPS) is 18.8. The number of carbonyl (C=O) groups excluding carboxylic acids is 1. The van der Waals surface area contributed by atoms with E-state index >= 15 is 0 Å². The zero-order valence-corrected chi connectivity index (χ0v) is 11.9. The summed E-state index contributed by atoms with van der Waals surface area (Å²) in [5, 5.41) is 0. The van der Waals surface area contributed by atoms with Crippen molar-refractivity contribution in [1.29, 1.82) is 0 Å². The molecule has 0 spiro atoms. The smallest absolute Gasteiger partial charge is 0.179 e. The molecule has 1 aliphatic heterocycles. The Morgan fingerprint density at radius 2 is 2.00 bits per heavy atom. The number of carbonyl (C=O) groups is 1. The van der Waals surface area contributed by atoms with Crippen LogP contribution in [0.15, 0.2) is 24.3 Å². The molecule has 3 heteroatoms. The maximum Gasteiger partial charge on any atom is 0.179 e. The second-order valence-corrected chi connectivity index (χ2v) is 5.09. The highest BCUT2D eigenvalue weighted by Gasteiger charge is 2.23. The van der Waals surface area contributed by atoms with Gasteiger partial charge in [0.15, 0.2) is 5.78 Å². The van der Waals surface area contributed by atoms with E-state index in [-0.39, 0.29) is 11.8 Å². The maximum atomic E-state index is 12.5. The van der Waals surface area contributed by atoms with E-state index in [0.717, 1.165) is 44.7 Å². The largest absolute Gasteiger partial charge is 0.380 e. The van der Waals surface area contributed by atoms with Crippen molar-refractivity contribution in [3.8, 4) is 0 Å².